The van der Waals surface area contributed by atoms with E-state index in [-0.39, 0.29) is 11.9 Å². The minimum Gasteiger partial charge on any atom is -0.479 e. The fourth-order valence-corrected chi connectivity index (χ4v) is 3.54. The lowest BCUT2D eigenvalue weighted by atomic mass is 9.89. The Kier molecular flexibility index (Phi) is 4.13. The van der Waals surface area contributed by atoms with Gasteiger partial charge in [0.2, 0.25) is 5.91 Å². The summed E-state index contributed by atoms with van der Waals surface area (Å²) in [6.45, 7) is 5.46. The molecule has 108 valence electrons. The zero-order valence-electron chi connectivity index (χ0n) is 11.8. The van der Waals surface area contributed by atoms with Crippen molar-refractivity contribution in [1.29, 1.82) is 0 Å². The summed E-state index contributed by atoms with van der Waals surface area (Å²) in [7, 11) is 0. The van der Waals surface area contributed by atoms with Gasteiger partial charge in [-0.25, -0.2) is 4.79 Å². The molecule has 2 aliphatic rings. The van der Waals surface area contributed by atoms with Gasteiger partial charge in [-0.2, -0.15) is 0 Å². The smallest absolute Gasteiger partial charge is 0.329 e. The zero-order valence-corrected chi connectivity index (χ0v) is 11.8. The molecule has 0 aromatic carbocycles. The molecule has 0 aromatic heterocycles. The first-order valence-electron chi connectivity index (χ1n) is 7.31. The van der Waals surface area contributed by atoms with Crippen molar-refractivity contribution in [2.75, 3.05) is 13.1 Å². The molecule has 2 aliphatic heterocycles. The Morgan fingerprint density at radius 1 is 1.47 bits per heavy atom. The van der Waals surface area contributed by atoms with Gasteiger partial charge < -0.3 is 15.3 Å². The molecule has 3 atom stereocenters. The molecule has 2 rings (SSSR count). The van der Waals surface area contributed by atoms with E-state index in [4.69, 9.17) is 0 Å². The van der Waals surface area contributed by atoms with Crippen molar-refractivity contribution in [3.63, 3.8) is 0 Å². The zero-order chi connectivity index (χ0) is 14.0. The number of hydrogen-bond acceptors (Lipinski definition) is 3. The molecule has 19 heavy (non-hydrogen) atoms. The molecule has 3 unspecified atom stereocenters. The number of amides is 1. The van der Waals surface area contributed by atoms with Crippen LogP contribution in [-0.2, 0) is 9.59 Å². The Labute approximate surface area is 114 Å². The minimum absolute atomic E-state index is 0.0154. The second kappa shape index (κ2) is 5.49. The van der Waals surface area contributed by atoms with E-state index in [1.807, 2.05) is 6.92 Å². The van der Waals surface area contributed by atoms with Gasteiger partial charge in [0.25, 0.3) is 0 Å². The fourth-order valence-electron chi connectivity index (χ4n) is 3.54. The van der Waals surface area contributed by atoms with E-state index in [9.17, 15) is 14.7 Å². The number of carbonyl (C=O) groups is 2. The van der Waals surface area contributed by atoms with Crippen LogP contribution >= 0.6 is 0 Å². The molecule has 0 bridgehead atoms. The molecular formula is C14H24N2O3. The van der Waals surface area contributed by atoms with Crippen LogP contribution < -0.4 is 5.32 Å². The number of likely N-dealkylation sites (tertiary alicyclic amines) is 1. The Hall–Kier alpha value is -1.10. The van der Waals surface area contributed by atoms with E-state index in [0.29, 0.717) is 25.3 Å². The Balaban J connectivity index is 2.21. The standard InChI is InChI=1S/C14H24N2O3/c1-3-6-14(13(18)19)7-4-9-16(14)12(17)11-10(2)5-8-15-11/h10-11,15H,3-9H2,1-2H3,(H,18,19). The maximum Gasteiger partial charge on any atom is 0.329 e. The van der Waals surface area contributed by atoms with Crippen LogP contribution in [0.1, 0.15) is 46.0 Å². The van der Waals surface area contributed by atoms with E-state index in [1.54, 1.807) is 4.90 Å². The van der Waals surface area contributed by atoms with Gasteiger partial charge in [-0.1, -0.05) is 20.3 Å². The molecule has 0 saturated carbocycles. The fraction of sp³-hybridized carbons (Fsp3) is 0.857. The van der Waals surface area contributed by atoms with Crippen molar-refractivity contribution in [2.45, 2.75) is 57.5 Å². The van der Waals surface area contributed by atoms with Gasteiger partial charge in [0.1, 0.15) is 5.54 Å². The van der Waals surface area contributed by atoms with Crippen molar-refractivity contribution in [1.82, 2.24) is 10.2 Å². The summed E-state index contributed by atoms with van der Waals surface area (Å²) in [6, 6.07) is -0.200. The lowest BCUT2D eigenvalue weighted by Gasteiger charge is -2.36. The third-order valence-corrected chi connectivity index (χ3v) is 4.62. The van der Waals surface area contributed by atoms with Crippen LogP contribution in [0.4, 0.5) is 0 Å². The summed E-state index contributed by atoms with van der Waals surface area (Å²) in [5, 5.41) is 12.8. The predicted octanol–water partition coefficient (Wildman–Crippen LogP) is 1.23. The quantitative estimate of drug-likeness (QED) is 0.804. The van der Waals surface area contributed by atoms with Crippen molar-refractivity contribution in [3.8, 4) is 0 Å². The first-order chi connectivity index (χ1) is 9.03. The second-order valence-corrected chi connectivity index (χ2v) is 5.88. The average Bonchev–Trinajstić information content (AvgIpc) is 2.96. The van der Waals surface area contributed by atoms with Crippen LogP contribution in [0.2, 0.25) is 0 Å². The molecule has 2 N–H and O–H groups in total. The number of carbonyl (C=O) groups excluding carboxylic acids is 1. The lowest BCUT2D eigenvalue weighted by molar-refractivity contribution is -0.158. The van der Waals surface area contributed by atoms with E-state index in [0.717, 1.165) is 25.8 Å². The number of nitrogens with one attached hydrogen (secondary N) is 1. The average molecular weight is 268 g/mol. The summed E-state index contributed by atoms with van der Waals surface area (Å²) in [4.78, 5) is 26.0. The number of carboxylic acid groups (broad SMARTS) is 1. The van der Waals surface area contributed by atoms with Gasteiger partial charge in [0, 0.05) is 6.54 Å². The van der Waals surface area contributed by atoms with Crippen molar-refractivity contribution < 1.29 is 14.7 Å². The lowest BCUT2D eigenvalue weighted by Crippen LogP contribution is -2.57. The normalized spacial score (nSPS) is 34.7. The highest BCUT2D eigenvalue weighted by Crippen LogP contribution is 2.35. The van der Waals surface area contributed by atoms with E-state index in [1.165, 1.54) is 0 Å². The molecule has 5 heteroatoms. The van der Waals surface area contributed by atoms with E-state index in [2.05, 4.69) is 12.2 Å². The third kappa shape index (κ3) is 2.36. The summed E-state index contributed by atoms with van der Waals surface area (Å²) in [5.74, 6) is -0.564. The minimum atomic E-state index is -0.962. The summed E-state index contributed by atoms with van der Waals surface area (Å²) in [6.07, 6.45) is 3.69. The van der Waals surface area contributed by atoms with Gasteiger partial charge in [0.05, 0.1) is 6.04 Å². The largest absolute Gasteiger partial charge is 0.479 e. The van der Waals surface area contributed by atoms with Crippen LogP contribution in [0.15, 0.2) is 0 Å². The number of rotatable bonds is 4. The number of aliphatic carboxylic acids is 1. The molecule has 1 amide bonds. The molecule has 0 radical (unpaired) electrons. The second-order valence-electron chi connectivity index (χ2n) is 5.88. The van der Waals surface area contributed by atoms with Gasteiger partial charge in [-0.05, 0) is 38.1 Å². The van der Waals surface area contributed by atoms with Gasteiger partial charge in [-0.15, -0.1) is 0 Å². The van der Waals surface area contributed by atoms with Crippen LogP contribution in [0.5, 0.6) is 0 Å². The van der Waals surface area contributed by atoms with E-state index >= 15 is 0 Å². The number of nitrogens with zero attached hydrogens (tertiary/aromatic N) is 1. The number of carboxylic acids is 1. The SMILES string of the molecule is CCCC1(C(=O)O)CCCN1C(=O)C1NCCC1C. The highest BCUT2D eigenvalue weighted by Gasteiger charge is 2.51. The monoisotopic (exact) mass is 268 g/mol. The number of hydrogen-bond donors (Lipinski definition) is 2. The van der Waals surface area contributed by atoms with Crippen LogP contribution in [0, 0.1) is 5.92 Å². The topological polar surface area (TPSA) is 69.6 Å². The van der Waals surface area contributed by atoms with Crippen molar-refractivity contribution >= 4 is 11.9 Å². The Morgan fingerprint density at radius 2 is 2.21 bits per heavy atom. The molecule has 5 nitrogen and oxygen atoms in total. The summed E-state index contributed by atoms with van der Waals surface area (Å²) >= 11 is 0. The van der Waals surface area contributed by atoms with Crippen LogP contribution in [0.25, 0.3) is 0 Å². The summed E-state index contributed by atoms with van der Waals surface area (Å²) < 4.78 is 0. The molecule has 0 aromatic rings. The molecule has 2 fully saturated rings. The van der Waals surface area contributed by atoms with Crippen molar-refractivity contribution in [2.24, 2.45) is 5.92 Å². The molecule has 0 aliphatic carbocycles. The van der Waals surface area contributed by atoms with Gasteiger partial charge in [0.15, 0.2) is 0 Å². The van der Waals surface area contributed by atoms with Crippen LogP contribution in [-0.4, -0.2) is 46.6 Å². The highest BCUT2D eigenvalue weighted by atomic mass is 16.4. The van der Waals surface area contributed by atoms with Gasteiger partial charge in [-0.3, -0.25) is 4.79 Å². The molecule has 2 saturated heterocycles. The first kappa shape index (κ1) is 14.3. The Bertz CT molecular complexity index is 372. The first-order valence-corrected chi connectivity index (χ1v) is 7.31. The highest BCUT2D eigenvalue weighted by molar-refractivity contribution is 5.90. The van der Waals surface area contributed by atoms with Gasteiger partial charge >= 0.3 is 5.97 Å². The molecular weight excluding hydrogens is 244 g/mol. The molecule has 0 spiro atoms. The molecule has 2 heterocycles. The van der Waals surface area contributed by atoms with Crippen molar-refractivity contribution in [3.05, 3.63) is 0 Å². The van der Waals surface area contributed by atoms with Crippen LogP contribution in [0.3, 0.4) is 0 Å². The predicted molar refractivity (Wildman–Crippen MR) is 71.8 cm³/mol. The third-order valence-electron chi connectivity index (χ3n) is 4.62. The maximum atomic E-state index is 12.7. The maximum absolute atomic E-state index is 12.7. The van der Waals surface area contributed by atoms with E-state index < -0.39 is 11.5 Å². The Morgan fingerprint density at radius 3 is 2.74 bits per heavy atom. The summed E-state index contributed by atoms with van der Waals surface area (Å²) in [5.41, 5.74) is -0.962.